The van der Waals surface area contributed by atoms with Crippen molar-refractivity contribution in [1.82, 2.24) is 9.97 Å². The summed E-state index contributed by atoms with van der Waals surface area (Å²) in [6, 6.07) is 1.82. The van der Waals surface area contributed by atoms with Gasteiger partial charge < -0.3 is 14.8 Å². The lowest BCUT2D eigenvalue weighted by molar-refractivity contribution is 0.127. The number of rotatable bonds is 10. The molecule has 0 unspecified atom stereocenters. The first-order valence-electron chi connectivity index (χ1n) is 7.12. The van der Waals surface area contributed by atoms with Gasteiger partial charge in [-0.3, -0.25) is 0 Å². The molecule has 1 heterocycles. The monoisotopic (exact) mass is 279 g/mol. The number of nitrogens with zero attached hydrogens (tertiary/aromatic N) is 2. The maximum absolute atomic E-state index is 5.65. The first kappa shape index (κ1) is 16.4. The summed E-state index contributed by atoms with van der Waals surface area (Å²) < 4.78 is 11.0. The van der Waals surface area contributed by atoms with Crippen molar-refractivity contribution >= 4 is 5.82 Å². The summed E-state index contributed by atoms with van der Waals surface area (Å²) in [6.07, 6.45) is 1.86. The van der Waals surface area contributed by atoms with Gasteiger partial charge in [-0.15, -0.1) is 6.58 Å². The lowest BCUT2D eigenvalue weighted by Crippen LogP contribution is -2.09. The topological polar surface area (TPSA) is 56.3 Å². The van der Waals surface area contributed by atoms with Crippen LogP contribution in [-0.4, -0.2) is 29.7 Å². The molecule has 0 saturated heterocycles. The molecule has 0 atom stereocenters. The van der Waals surface area contributed by atoms with Crippen LogP contribution in [-0.2, 0) is 11.3 Å². The molecule has 0 bridgehead atoms. The molecule has 0 aliphatic rings. The fourth-order valence-electron chi connectivity index (χ4n) is 1.48. The molecule has 1 rings (SSSR count). The quantitative estimate of drug-likeness (QED) is 0.667. The predicted octanol–water partition coefficient (Wildman–Crippen LogP) is 3.18. The van der Waals surface area contributed by atoms with E-state index in [0.29, 0.717) is 31.5 Å². The van der Waals surface area contributed by atoms with Crippen LogP contribution in [0.25, 0.3) is 0 Å². The Kier molecular flexibility index (Phi) is 7.65. The smallest absolute Gasteiger partial charge is 0.218 e. The highest BCUT2D eigenvalue weighted by molar-refractivity contribution is 5.38. The van der Waals surface area contributed by atoms with Crippen LogP contribution in [0.15, 0.2) is 18.2 Å². The van der Waals surface area contributed by atoms with E-state index >= 15 is 0 Å². The zero-order chi connectivity index (χ0) is 14.8. The molecule has 5 heteroatoms. The average Bonchev–Trinajstić information content (AvgIpc) is 2.42. The van der Waals surface area contributed by atoms with E-state index in [-0.39, 0.29) is 0 Å². The number of anilines is 1. The van der Waals surface area contributed by atoms with E-state index in [1.807, 2.05) is 19.9 Å². The normalized spacial score (nSPS) is 10.3. The van der Waals surface area contributed by atoms with Gasteiger partial charge in [-0.1, -0.05) is 12.5 Å². The lowest BCUT2D eigenvalue weighted by Gasteiger charge is -2.10. The molecule has 1 aromatic rings. The Labute approximate surface area is 121 Å². The van der Waals surface area contributed by atoms with E-state index in [4.69, 9.17) is 9.47 Å². The Morgan fingerprint density at radius 3 is 2.80 bits per heavy atom. The summed E-state index contributed by atoms with van der Waals surface area (Å²) in [4.78, 5) is 8.75. The summed E-state index contributed by atoms with van der Waals surface area (Å²) in [5.41, 5.74) is 1.10. The number of hydrogen-bond donors (Lipinski definition) is 1. The van der Waals surface area contributed by atoms with Crippen LogP contribution >= 0.6 is 0 Å². The van der Waals surface area contributed by atoms with Crippen molar-refractivity contribution in [3.05, 3.63) is 24.0 Å². The second kappa shape index (κ2) is 9.31. The molecule has 1 aromatic heterocycles. The summed E-state index contributed by atoms with van der Waals surface area (Å²) >= 11 is 0. The van der Waals surface area contributed by atoms with Gasteiger partial charge in [0.25, 0.3) is 0 Å². The molecule has 0 aromatic carbocycles. The standard InChI is InChI=1S/C15H25N3O2/c1-5-8-16-13-10-15(20-9-7-12(3)4)18-14(17-13)11-19-6-2/h10H,3,5-9,11H2,1-2,4H3,(H,16,17,18). The number of hydrogen-bond acceptors (Lipinski definition) is 5. The lowest BCUT2D eigenvalue weighted by atomic mass is 10.3. The van der Waals surface area contributed by atoms with E-state index in [9.17, 15) is 0 Å². The fourth-order valence-corrected chi connectivity index (χ4v) is 1.48. The summed E-state index contributed by atoms with van der Waals surface area (Å²) in [5, 5.41) is 3.25. The summed E-state index contributed by atoms with van der Waals surface area (Å²) in [7, 11) is 0. The van der Waals surface area contributed by atoms with Gasteiger partial charge in [0.1, 0.15) is 12.4 Å². The Hall–Kier alpha value is -1.62. The number of aromatic nitrogens is 2. The second-order valence-corrected chi connectivity index (χ2v) is 4.63. The molecule has 0 fully saturated rings. The Morgan fingerprint density at radius 1 is 1.35 bits per heavy atom. The van der Waals surface area contributed by atoms with E-state index in [1.165, 1.54) is 0 Å². The van der Waals surface area contributed by atoms with Gasteiger partial charge in [-0.05, 0) is 20.3 Å². The molecule has 0 radical (unpaired) electrons. The van der Waals surface area contributed by atoms with E-state index in [2.05, 4.69) is 28.8 Å². The largest absolute Gasteiger partial charge is 0.477 e. The Bertz CT molecular complexity index is 395. The minimum Gasteiger partial charge on any atom is -0.477 e. The van der Waals surface area contributed by atoms with Crippen molar-refractivity contribution < 1.29 is 9.47 Å². The van der Waals surface area contributed by atoms with Crippen molar-refractivity contribution in [1.29, 1.82) is 0 Å². The average molecular weight is 279 g/mol. The first-order valence-corrected chi connectivity index (χ1v) is 7.12. The molecule has 1 N–H and O–H groups in total. The highest BCUT2D eigenvalue weighted by Gasteiger charge is 2.06. The molecule has 5 nitrogen and oxygen atoms in total. The number of ether oxygens (including phenoxy) is 2. The van der Waals surface area contributed by atoms with Crippen LogP contribution in [0, 0.1) is 0 Å². The van der Waals surface area contributed by atoms with Gasteiger partial charge in [0.05, 0.1) is 6.61 Å². The first-order chi connectivity index (χ1) is 9.65. The van der Waals surface area contributed by atoms with E-state index < -0.39 is 0 Å². The maximum Gasteiger partial charge on any atom is 0.218 e. The Morgan fingerprint density at radius 2 is 2.15 bits per heavy atom. The van der Waals surface area contributed by atoms with Crippen molar-refractivity contribution in [2.45, 2.75) is 40.2 Å². The molecule has 20 heavy (non-hydrogen) atoms. The van der Waals surface area contributed by atoms with E-state index in [0.717, 1.165) is 30.8 Å². The van der Waals surface area contributed by atoms with Crippen LogP contribution in [0.5, 0.6) is 5.88 Å². The van der Waals surface area contributed by atoms with Crippen molar-refractivity contribution in [3.8, 4) is 5.88 Å². The molecular weight excluding hydrogens is 254 g/mol. The molecule has 112 valence electrons. The second-order valence-electron chi connectivity index (χ2n) is 4.63. The maximum atomic E-state index is 5.65. The van der Waals surface area contributed by atoms with E-state index in [1.54, 1.807) is 0 Å². The van der Waals surface area contributed by atoms with Gasteiger partial charge in [-0.25, -0.2) is 4.98 Å². The van der Waals surface area contributed by atoms with Crippen LogP contribution < -0.4 is 10.1 Å². The molecule has 0 spiro atoms. The van der Waals surface area contributed by atoms with Crippen LogP contribution in [0.2, 0.25) is 0 Å². The van der Waals surface area contributed by atoms with Crippen molar-refractivity contribution in [3.63, 3.8) is 0 Å². The third-order valence-corrected chi connectivity index (χ3v) is 2.52. The summed E-state index contributed by atoms with van der Waals surface area (Å²) in [5.74, 6) is 2.00. The van der Waals surface area contributed by atoms with Gasteiger partial charge >= 0.3 is 0 Å². The molecule has 0 aliphatic heterocycles. The molecule has 0 aliphatic carbocycles. The fraction of sp³-hybridized carbons (Fsp3) is 0.600. The highest BCUT2D eigenvalue weighted by Crippen LogP contribution is 2.15. The molecule has 0 amide bonds. The minimum absolute atomic E-state index is 0.398. The van der Waals surface area contributed by atoms with Gasteiger partial charge in [0, 0.05) is 25.6 Å². The van der Waals surface area contributed by atoms with Crippen LogP contribution in [0.3, 0.4) is 0 Å². The third-order valence-electron chi connectivity index (χ3n) is 2.52. The van der Waals surface area contributed by atoms with Crippen LogP contribution in [0.1, 0.15) is 39.4 Å². The van der Waals surface area contributed by atoms with Crippen molar-refractivity contribution in [2.24, 2.45) is 0 Å². The zero-order valence-electron chi connectivity index (χ0n) is 12.7. The predicted molar refractivity (Wildman–Crippen MR) is 81.1 cm³/mol. The zero-order valence-corrected chi connectivity index (χ0v) is 12.7. The minimum atomic E-state index is 0.398. The molecule has 0 saturated carbocycles. The third kappa shape index (κ3) is 6.52. The van der Waals surface area contributed by atoms with Crippen molar-refractivity contribution in [2.75, 3.05) is 25.1 Å². The highest BCUT2D eigenvalue weighted by atomic mass is 16.5. The number of nitrogens with one attached hydrogen (secondary N) is 1. The van der Waals surface area contributed by atoms with Gasteiger partial charge in [0.15, 0.2) is 5.82 Å². The Balaban J connectivity index is 2.71. The van der Waals surface area contributed by atoms with Gasteiger partial charge in [0.2, 0.25) is 5.88 Å². The molecular formula is C15H25N3O2. The van der Waals surface area contributed by atoms with Crippen LogP contribution in [0.4, 0.5) is 5.82 Å². The van der Waals surface area contributed by atoms with Gasteiger partial charge in [-0.2, -0.15) is 4.98 Å². The SMILES string of the molecule is C=C(C)CCOc1cc(NCCC)nc(COCC)n1. The summed E-state index contributed by atoms with van der Waals surface area (Å²) in [6.45, 7) is 12.4.